The zero-order chi connectivity index (χ0) is 16.4. The summed E-state index contributed by atoms with van der Waals surface area (Å²) in [4.78, 5) is 12.7. The van der Waals surface area contributed by atoms with Crippen molar-refractivity contribution in [2.75, 3.05) is 20.3 Å². The summed E-state index contributed by atoms with van der Waals surface area (Å²) in [7, 11) is 1.49. The fourth-order valence-electron chi connectivity index (χ4n) is 3.60. The first kappa shape index (κ1) is 16.2. The molecule has 2 atom stereocenters. The van der Waals surface area contributed by atoms with E-state index in [0.717, 1.165) is 12.8 Å². The third kappa shape index (κ3) is 2.93. The van der Waals surface area contributed by atoms with Crippen LogP contribution in [-0.2, 0) is 14.3 Å². The standard InChI is InChI=1S/C17H22FNO4/c1-11(15-13(18)6-3-7-14(15)21-2)19-16(20)12-5-4-8-17(12)22-9-10-23-17/h3,6-7,11-12H,4-5,8-10H2,1-2H3,(H,19,20)/t11-,12+/m0/s1. The van der Waals surface area contributed by atoms with Gasteiger partial charge < -0.3 is 19.5 Å². The first-order valence-corrected chi connectivity index (χ1v) is 7.98. The summed E-state index contributed by atoms with van der Waals surface area (Å²) < 4.78 is 30.8. The molecule has 6 heteroatoms. The highest BCUT2D eigenvalue weighted by atomic mass is 19.1. The number of halogens is 1. The molecule has 1 saturated carbocycles. The summed E-state index contributed by atoms with van der Waals surface area (Å²) in [6.45, 7) is 2.78. The molecule has 0 unspecified atom stereocenters. The Labute approximate surface area is 135 Å². The third-order valence-corrected chi connectivity index (χ3v) is 4.67. The Morgan fingerprint density at radius 2 is 2.17 bits per heavy atom. The van der Waals surface area contributed by atoms with Crippen LogP contribution in [0, 0.1) is 11.7 Å². The Hall–Kier alpha value is -1.66. The predicted molar refractivity (Wildman–Crippen MR) is 81.5 cm³/mol. The lowest BCUT2D eigenvalue weighted by Gasteiger charge is -2.29. The number of carbonyl (C=O) groups is 1. The minimum atomic E-state index is -0.789. The van der Waals surface area contributed by atoms with Gasteiger partial charge in [-0.1, -0.05) is 6.07 Å². The Morgan fingerprint density at radius 1 is 1.43 bits per heavy atom. The highest BCUT2D eigenvalue weighted by Gasteiger charge is 2.51. The van der Waals surface area contributed by atoms with Gasteiger partial charge >= 0.3 is 0 Å². The van der Waals surface area contributed by atoms with Crippen LogP contribution in [0.1, 0.15) is 37.8 Å². The number of benzene rings is 1. The lowest BCUT2D eigenvalue weighted by molar-refractivity contribution is -0.186. The topological polar surface area (TPSA) is 56.8 Å². The van der Waals surface area contributed by atoms with E-state index >= 15 is 0 Å². The molecule has 3 rings (SSSR count). The van der Waals surface area contributed by atoms with E-state index in [2.05, 4.69) is 5.32 Å². The molecule has 1 amide bonds. The Balaban J connectivity index is 1.75. The summed E-state index contributed by atoms with van der Waals surface area (Å²) in [5, 5.41) is 2.89. The van der Waals surface area contributed by atoms with Gasteiger partial charge in [0.15, 0.2) is 5.79 Å². The van der Waals surface area contributed by atoms with Crippen LogP contribution < -0.4 is 10.1 Å². The van der Waals surface area contributed by atoms with E-state index < -0.39 is 17.6 Å². The number of ether oxygens (including phenoxy) is 3. The molecule has 1 spiro atoms. The SMILES string of the molecule is COc1cccc(F)c1[C@H](C)NC(=O)[C@H]1CCCC12OCCO2. The van der Waals surface area contributed by atoms with Crippen molar-refractivity contribution >= 4 is 5.91 Å². The van der Waals surface area contributed by atoms with Gasteiger partial charge in [-0.05, 0) is 31.9 Å². The predicted octanol–water partition coefficient (Wildman–Crippen LogP) is 2.55. The number of methoxy groups -OCH3 is 1. The van der Waals surface area contributed by atoms with Crippen molar-refractivity contribution in [3.8, 4) is 5.75 Å². The van der Waals surface area contributed by atoms with Gasteiger partial charge in [0, 0.05) is 6.42 Å². The van der Waals surface area contributed by atoms with Gasteiger partial charge in [0.1, 0.15) is 11.6 Å². The van der Waals surface area contributed by atoms with Gasteiger partial charge in [-0.25, -0.2) is 4.39 Å². The van der Waals surface area contributed by atoms with Gasteiger partial charge in [-0.15, -0.1) is 0 Å². The second-order valence-corrected chi connectivity index (χ2v) is 6.04. The van der Waals surface area contributed by atoms with Crippen molar-refractivity contribution in [1.82, 2.24) is 5.32 Å². The number of carbonyl (C=O) groups excluding carboxylic acids is 1. The molecule has 23 heavy (non-hydrogen) atoms. The maximum Gasteiger partial charge on any atom is 0.229 e. The number of hydrogen-bond acceptors (Lipinski definition) is 4. The maximum absolute atomic E-state index is 14.1. The zero-order valence-corrected chi connectivity index (χ0v) is 13.4. The molecule has 126 valence electrons. The van der Waals surface area contributed by atoms with Crippen LogP contribution in [0.4, 0.5) is 4.39 Å². The second-order valence-electron chi connectivity index (χ2n) is 6.04. The minimum Gasteiger partial charge on any atom is -0.496 e. The molecule has 2 aliphatic rings. The van der Waals surface area contributed by atoms with Crippen LogP contribution in [-0.4, -0.2) is 32.0 Å². The second kappa shape index (κ2) is 6.45. The average molecular weight is 323 g/mol. The molecule has 0 radical (unpaired) electrons. The van der Waals surface area contributed by atoms with E-state index in [4.69, 9.17) is 14.2 Å². The monoisotopic (exact) mass is 323 g/mol. The van der Waals surface area contributed by atoms with Crippen molar-refractivity contribution in [2.24, 2.45) is 5.92 Å². The van der Waals surface area contributed by atoms with Crippen LogP contribution in [0.25, 0.3) is 0 Å². The number of amides is 1. The molecular formula is C17H22FNO4. The Morgan fingerprint density at radius 3 is 2.87 bits per heavy atom. The lowest BCUT2D eigenvalue weighted by atomic mass is 9.99. The summed E-state index contributed by atoms with van der Waals surface area (Å²) in [5.74, 6) is -1.28. The van der Waals surface area contributed by atoms with Gasteiger partial charge in [0.05, 0.1) is 37.8 Å². The van der Waals surface area contributed by atoms with Crippen molar-refractivity contribution < 1.29 is 23.4 Å². The van der Waals surface area contributed by atoms with E-state index in [1.807, 2.05) is 0 Å². The summed E-state index contributed by atoms with van der Waals surface area (Å²) in [5.41, 5.74) is 0.351. The largest absolute Gasteiger partial charge is 0.496 e. The van der Waals surface area contributed by atoms with Crippen molar-refractivity contribution in [3.05, 3.63) is 29.6 Å². The molecule has 0 bridgehead atoms. The first-order valence-electron chi connectivity index (χ1n) is 7.98. The fraction of sp³-hybridized carbons (Fsp3) is 0.588. The van der Waals surface area contributed by atoms with Gasteiger partial charge in [-0.3, -0.25) is 4.79 Å². The van der Waals surface area contributed by atoms with Crippen LogP contribution in [0.2, 0.25) is 0 Å². The molecule has 1 aromatic carbocycles. The van der Waals surface area contributed by atoms with E-state index in [1.165, 1.54) is 13.2 Å². The van der Waals surface area contributed by atoms with Crippen LogP contribution in [0.5, 0.6) is 5.75 Å². The van der Waals surface area contributed by atoms with Crippen molar-refractivity contribution in [2.45, 2.75) is 38.0 Å². The van der Waals surface area contributed by atoms with Crippen LogP contribution >= 0.6 is 0 Å². The van der Waals surface area contributed by atoms with E-state index in [9.17, 15) is 9.18 Å². The molecule has 2 fully saturated rings. The van der Waals surface area contributed by atoms with Gasteiger partial charge in [0.25, 0.3) is 0 Å². The Kier molecular flexibility index (Phi) is 4.55. The van der Waals surface area contributed by atoms with E-state index in [1.54, 1.807) is 19.1 Å². The van der Waals surface area contributed by atoms with E-state index in [0.29, 0.717) is 30.9 Å². The highest BCUT2D eigenvalue weighted by molar-refractivity contribution is 5.80. The molecule has 0 aromatic heterocycles. The zero-order valence-electron chi connectivity index (χ0n) is 13.4. The highest BCUT2D eigenvalue weighted by Crippen LogP contribution is 2.42. The minimum absolute atomic E-state index is 0.165. The van der Waals surface area contributed by atoms with Crippen LogP contribution in [0.15, 0.2) is 18.2 Å². The molecule has 5 nitrogen and oxygen atoms in total. The molecule has 1 aliphatic carbocycles. The number of rotatable bonds is 4. The van der Waals surface area contributed by atoms with Crippen molar-refractivity contribution in [1.29, 1.82) is 0 Å². The van der Waals surface area contributed by atoms with Crippen molar-refractivity contribution in [3.63, 3.8) is 0 Å². The third-order valence-electron chi connectivity index (χ3n) is 4.67. The average Bonchev–Trinajstić information content (AvgIpc) is 3.17. The normalized spacial score (nSPS) is 23.9. The fourth-order valence-corrected chi connectivity index (χ4v) is 3.60. The summed E-state index contributed by atoms with van der Waals surface area (Å²) in [6.07, 6.45) is 2.32. The molecule has 1 aromatic rings. The van der Waals surface area contributed by atoms with Gasteiger partial charge in [-0.2, -0.15) is 0 Å². The smallest absolute Gasteiger partial charge is 0.229 e. The summed E-state index contributed by atoms with van der Waals surface area (Å²) in [6, 6.07) is 4.12. The van der Waals surface area contributed by atoms with Crippen LogP contribution in [0.3, 0.4) is 0 Å². The molecule has 1 aliphatic heterocycles. The van der Waals surface area contributed by atoms with E-state index in [-0.39, 0.29) is 11.8 Å². The Bertz CT molecular complexity index is 580. The molecule has 1 saturated heterocycles. The first-order chi connectivity index (χ1) is 11.1. The quantitative estimate of drug-likeness (QED) is 0.925. The molecule has 1 heterocycles. The lowest BCUT2D eigenvalue weighted by Crippen LogP contribution is -2.45. The summed E-state index contributed by atoms with van der Waals surface area (Å²) >= 11 is 0. The number of hydrogen-bond donors (Lipinski definition) is 1. The number of nitrogens with one attached hydrogen (secondary N) is 1. The molecule has 1 N–H and O–H groups in total. The van der Waals surface area contributed by atoms with Gasteiger partial charge in [0.2, 0.25) is 5.91 Å². The molecular weight excluding hydrogens is 301 g/mol. The maximum atomic E-state index is 14.1.